The second-order valence-electron chi connectivity index (χ2n) is 9.95. The monoisotopic (exact) mass is 560 g/mol. The minimum Gasteiger partial charge on any atom is -0.449 e. The summed E-state index contributed by atoms with van der Waals surface area (Å²) in [5.41, 5.74) is 1.76. The molecule has 216 valence electrons. The lowest BCUT2D eigenvalue weighted by atomic mass is 10.1. The molecule has 3 heterocycles. The number of aromatic nitrogens is 2. The number of alkyl halides is 3. The van der Waals surface area contributed by atoms with E-state index in [-0.39, 0.29) is 24.4 Å². The number of aryl methyl sites for hydroxylation is 1. The molecule has 2 saturated heterocycles. The number of nitrogens with zero attached hydrogens (tertiary/aromatic N) is 6. The summed E-state index contributed by atoms with van der Waals surface area (Å²) in [4.78, 5) is 25.9. The Morgan fingerprint density at radius 1 is 1.25 bits per heavy atom. The second kappa shape index (κ2) is 13.0. The van der Waals surface area contributed by atoms with E-state index in [1.54, 1.807) is 4.90 Å². The van der Waals surface area contributed by atoms with Gasteiger partial charge in [0, 0.05) is 62.9 Å². The maximum atomic E-state index is 13.7. The number of carbonyl (C=O) groups excluding carboxylic acids is 1. The molecule has 0 saturated carbocycles. The highest BCUT2D eigenvalue weighted by atomic mass is 19.4. The van der Waals surface area contributed by atoms with E-state index < -0.39 is 17.8 Å². The lowest BCUT2D eigenvalue weighted by Gasteiger charge is -2.40. The van der Waals surface area contributed by atoms with Crippen LogP contribution < -0.4 is 15.5 Å². The van der Waals surface area contributed by atoms with Crippen molar-refractivity contribution in [3.63, 3.8) is 0 Å². The fourth-order valence-electron chi connectivity index (χ4n) is 4.88. The smallest absolute Gasteiger partial charge is 0.421 e. The van der Waals surface area contributed by atoms with Crippen molar-refractivity contribution < 1.29 is 22.7 Å². The van der Waals surface area contributed by atoms with E-state index in [0.717, 1.165) is 43.5 Å². The fraction of sp³-hybridized carbons (Fsp3) is 0.556. The summed E-state index contributed by atoms with van der Waals surface area (Å²) in [6.07, 6.45) is -1.93. The predicted molar refractivity (Wildman–Crippen MR) is 146 cm³/mol. The number of anilines is 4. The third kappa shape index (κ3) is 7.24. The zero-order chi connectivity index (χ0) is 28.7. The van der Waals surface area contributed by atoms with Crippen LogP contribution >= 0.6 is 0 Å². The molecule has 2 aromatic rings. The number of ether oxygens (including phenoxy) is 1. The molecular formula is C27H35F3N8O2. The summed E-state index contributed by atoms with van der Waals surface area (Å²) in [6, 6.07) is 8.33. The Hall–Kier alpha value is -3.79. The third-order valence-corrected chi connectivity index (χ3v) is 7.23. The molecule has 1 atom stereocenters. The number of cyclic esters (lactones) is 1. The van der Waals surface area contributed by atoms with Crippen LogP contribution in [0.25, 0.3) is 0 Å². The average molecular weight is 561 g/mol. The number of halogens is 3. The normalized spacial score (nSPS) is 18.3. The quantitative estimate of drug-likeness (QED) is 0.407. The molecule has 2 N–H and O–H groups in total. The number of amides is 1. The number of hydrogen-bond donors (Lipinski definition) is 2. The Bertz CT molecular complexity index is 1220. The molecular weight excluding hydrogens is 525 g/mol. The zero-order valence-corrected chi connectivity index (χ0v) is 22.8. The predicted octanol–water partition coefficient (Wildman–Crippen LogP) is 4.48. The van der Waals surface area contributed by atoms with Crippen molar-refractivity contribution in [2.24, 2.45) is 0 Å². The van der Waals surface area contributed by atoms with Gasteiger partial charge >= 0.3 is 12.3 Å². The van der Waals surface area contributed by atoms with Crippen LogP contribution in [0.1, 0.15) is 37.3 Å². The first kappa shape index (κ1) is 29.2. The number of nitrogens with one attached hydrogen (secondary N) is 2. The highest BCUT2D eigenvalue weighted by Gasteiger charge is 2.35. The van der Waals surface area contributed by atoms with E-state index in [1.165, 1.54) is 0 Å². The largest absolute Gasteiger partial charge is 0.449 e. The van der Waals surface area contributed by atoms with Crippen molar-refractivity contribution in [3.8, 4) is 6.07 Å². The summed E-state index contributed by atoms with van der Waals surface area (Å²) in [5, 5.41) is 15.0. The van der Waals surface area contributed by atoms with Crippen molar-refractivity contribution in [2.75, 3.05) is 68.5 Å². The van der Waals surface area contributed by atoms with Gasteiger partial charge in [-0.1, -0.05) is 6.92 Å². The Morgan fingerprint density at radius 2 is 2.08 bits per heavy atom. The topological polar surface area (TPSA) is 110 Å². The van der Waals surface area contributed by atoms with Crippen LogP contribution in [0.15, 0.2) is 24.4 Å². The van der Waals surface area contributed by atoms with Gasteiger partial charge in [-0.25, -0.2) is 9.78 Å². The molecule has 4 rings (SSSR count). The van der Waals surface area contributed by atoms with Crippen molar-refractivity contribution in [3.05, 3.63) is 35.5 Å². The van der Waals surface area contributed by atoms with Crippen molar-refractivity contribution in [1.82, 2.24) is 19.8 Å². The first-order valence-corrected chi connectivity index (χ1v) is 13.5. The van der Waals surface area contributed by atoms with E-state index >= 15 is 0 Å². The highest BCUT2D eigenvalue weighted by molar-refractivity contribution is 5.68. The van der Waals surface area contributed by atoms with Gasteiger partial charge in [0.2, 0.25) is 5.95 Å². The minimum atomic E-state index is -4.63. The number of piperazine rings is 1. The van der Waals surface area contributed by atoms with E-state index in [0.29, 0.717) is 44.6 Å². The fourth-order valence-corrected chi connectivity index (χ4v) is 4.88. The van der Waals surface area contributed by atoms with Crippen LogP contribution in [-0.4, -0.2) is 84.8 Å². The molecule has 1 amide bonds. The maximum absolute atomic E-state index is 13.7. The van der Waals surface area contributed by atoms with Gasteiger partial charge in [-0.2, -0.15) is 23.4 Å². The zero-order valence-electron chi connectivity index (χ0n) is 22.8. The summed E-state index contributed by atoms with van der Waals surface area (Å²) in [7, 11) is 2.03. The van der Waals surface area contributed by atoms with Gasteiger partial charge in [0.25, 0.3) is 0 Å². The molecule has 0 bridgehead atoms. The number of carbonyl (C=O) groups is 1. The van der Waals surface area contributed by atoms with Gasteiger partial charge in [0.1, 0.15) is 11.4 Å². The molecule has 0 spiro atoms. The van der Waals surface area contributed by atoms with E-state index in [9.17, 15) is 18.0 Å². The number of nitriles is 1. The SMILES string of the molecule is CCc1cc(N2CCN(C)[C@H](CC#N)C2)ccc1Nc1ncc(C(F)(F)F)c(NCCCN2CCCOC2=O)n1. The van der Waals surface area contributed by atoms with Gasteiger partial charge in [-0.15, -0.1) is 0 Å². The maximum Gasteiger partial charge on any atom is 0.421 e. The molecule has 40 heavy (non-hydrogen) atoms. The lowest BCUT2D eigenvalue weighted by molar-refractivity contribution is -0.137. The summed E-state index contributed by atoms with van der Waals surface area (Å²) in [6.45, 7) is 5.97. The first-order chi connectivity index (χ1) is 19.2. The molecule has 10 nitrogen and oxygen atoms in total. The standard InChI is InChI=1S/C27H35F3N8O2/c1-3-19-16-20(38-14-13-36(2)21(18-38)8-9-31)6-7-23(19)34-25-33-17-22(27(28,29)30)24(35-25)32-10-4-11-37-12-5-15-40-26(37)39/h6-7,16-17,21H,3-5,8,10-15,18H2,1-2H3,(H2,32,33,34,35)/t21-/m1/s1. The molecule has 2 aliphatic rings. The van der Waals surface area contributed by atoms with Crippen LogP contribution in [0.5, 0.6) is 0 Å². The Morgan fingerprint density at radius 3 is 2.80 bits per heavy atom. The highest BCUT2D eigenvalue weighted by Crippen LogP contribution is 2.34. The molecule has 13 heteroatoms. The Balaban J connectivity index is 1.46. The second-order valence-corrected chi connectivity index (χ2v) is 9.95. The van der Waals surface area contributed by atoms with E-state index in [1.807, 2.05) is 26.1 Å². The molecule has 1 aromatic carbocycles. The first-order valence-electron chi connectivity index (χ1n) is 13.5. The minimum absolute atomic E-state index is 0.0474. The van der Waals surface area contributed by atoms with Crippen LogP contribution in [0.4, 0.5) is 41.1 Å². The van der Waals surface area contributed by atoms with Gasteiger partial charge < -0.3 is 25.2 Å². The summed E-state index contributed by atoms with van der Waals surface area (Å²) < 4.78 is 46.0. The molecule has 0 aliphatic carbocycles. The van der Waals surface area contributed by atoms with Gasteiger partial charge in [-0.05, 0) is 50.1 Å². The van der Waals surface area contributed by atoms with Crippen LogP contribution in [-0.2, 0) is 17.3 Å². The van der Waals surface area contributed by atoms with Gasteiger partial charge in [0.15, 0.2) is 0 Å². The average Bonchev–Trinajstić information content (AvgIpc) is 2.93. The number of likely N-dealkylation sites (N-methyl/N-ethyl adjacent to an activating group) is 1. The number of benzene rings is 1. The number of hydrogen-bond acceptors (Lipinski definition) is 9. The molecule has 0 unspecified atom stereocenters. The van der Waals surface area contributed by atoms with Crippen LogP contribution in [0.2, 0.25) is 0 Å². The molecule has 2 fully saturated rings. The number of rotatable bonds is 10. The van der Waals surface area contributed by atoms with Crippen LogP contribution in [0.3, 0.4) is 0 Å². The van der Waals surface area contributed by atoms with Crippen molar-refractivity contribution in [1.29, 1.82) is 5.26 Å². The Labute approximate surface area is 232 Å². The summed E-state index contributed by atoms with van der Waals surface area (Å²) in [5.74, 6) is -0.270. The van der Waals surface area contributed by atoms with Gasteiger partial charge in [-0.3, -0.25) is 4.90 Å². The van der Waals surface area contributed by atoms with Crippen LogP contribution in [0, 0.1) is 11.3 Å². The van der Waals surface area contributed by atoms with E-state index in [4.69, 9.17) is 10.00 Å². The molecule has 2 aliphatic heterocycles. The lowest BCUT2D eigenvalue weighted by Crippen LogP contribution is -2.51. The molecule has 1 aromatic heterocycles. The van der Waals surface area contributed by atoms with Crippen molar-refractivity contribution in [2.45, 2.75) is 44.8 Å². The van der Waals surface area contributed by atoms with E-state index in [2.05, 4.69) is 42.5 Å². The molecule has 0 radical (unpaired) electrons. The Kier molecular flexibility index (Phi) is 9.52. The third-order valence-electron chi connectivity index (χ3n) is 7.23. The van der Waals surface area contributed by atoms with Crippen molar-refractivity contribution >= 4 is 29.2 Å². The van der Waals surface area contributed by atoms with Gasteiger partial charge in [0.05, 0.1) is 19.1 Å². The summed E-state index contributed by atoms with van der Waals surface area (Å²) >= 11 is 0.